The Morgan fingerprint density at radius 2 is 1.71 bits per heavy atom. The van der Waals surface area contributed by atoms with Crippen molar-refractivity contribution in [2.75, 3.05) is 89.8 Å². The van der Waals surface area contributed by atoms with Crippen molar-refractivity contribution in [3.8, 4) is 23.0 Å². The largest absolute Gasteiger partial charge is 0.468 e. The standard InChI is InChI=1S/C57H74FN9O8/c1-9-36-12-10-13-37-24-41(73-34-70-7)25-42(47(36)37)49-48(58)50-43(27-59-49)51(64-29-39-14-15-40(30-64)67(39)54(69)74-55(4,5)6)61-53(60-50)72-33-57-17-11-21-66(57)38(16-18-57)28-63-22-19-56(20-23-63)31-65(32-56)45-26-44(75-62-45)46(35(2)3)52(68)71-8/h10,12-13,24-27,35,38-40,46H,9,11,14-23,28-34H2,1-8H3/t38-,39?,40?,46?,57-/m0/s1. The first-order chi connectivity index (χ1) is 36.1. The molecule has 402 valence electrons. The fourth-order valence-corrected chi connectivity index (χ4v) is 13.5. The molecule has 6 aliphatic heterocycles. The van der Waals surface area contributed by atoms with Gasteiger partial charge in [0.25, 0.3) is 0 Å². The number of methoxy groups -OCH3 is 2. The molecule has 6 saturated heterocycles. The number of rotatable bonds is 15. The Balaban J connectivity index is 0.826. The Kier molecular flexibility index (Phi) is 13.9. The van der Waals surface area contributed by atoms with Gasteiger partial charge >= 0.3 is 18.1 Å². The monoisotopic (exact) mass is 1030 g/mol. The molecule has 5 aromatic rings. The van der Waals surface area contributed by atoms with Crippen LogP contribution in [0.1, 0.15) is 110 Å². The molecule has 3 aromatic heterocycles. The summed E-state index contributed by atoms with van der Waals surface area (Å²) >= 11 is 0. The quantitative estimate of drug-likeness (QED) is 0.0721. The first-order valence-electron chi connectivity index (χ1n) is 27.3. The van der Waals surface area contributed by atoms with E-state index in [1.807, 2.05) is 69.9 Å². The molecule has 11 rings (SSSR count). The van der Waals surface area contributed by atoms with E-state index in [-0.39, 0.29) is 65.0 Å². The minimum atomic E-state index is -0.619. The smallest absolute Gasteiger partial charge is 0.410 e. The lowest BCUT2D eigenvalue weighted by Crippen LogP contribution is -2.61. The summed E-state index contributed by atoms with van der Waals surface area (Å²) in [4.78, 5) is 52.7. The number of carbonyl (C=O) groups excluding carboxylic acids is 2. The van der Waals surface area contributed by atoms with Crippen molar-refractivity contribution in [3.63, 3.8) is 0 Å². The van der Waals surface area contributed by atoms with Gasteiger partial charge in [0.1, 0.15) is 40.9 Å². The number of likely N-dealkylation sites (tertiary alicyclic amines) is 1. The number of pyridine rings is 1. The second kappa shape index (κ2) is 20.3. The third-order valence-electron chi connectivity index (χ3n) is 17.3. The van der Waals surface area contributed by atoms with Crippen LogP contribution in [0.2, 0.25) is 0 Å². The van der Waals surface area contributed by atoms with E-state index in [4.69, 9.17) is 43.2 Å². The van der Waals surface area contributed by atoms with Gasteiger partial charge in [0.05, 0.1) is 30.1 Å². The van der Waals surface area contributed by atoms with E-state index < -0.39 is 17.3 Å². The van der Waals surface area contributed by atoms with Gasteiger partial charge in [-0.2, -0.15) is 9.97 Å². The number of anilines is 2. The molecule has 17 nitrogen and oxygen atoms in total. The zero-order valence-corrected chi connectivity index (χ0v) is 45.0. The number of benzene rings is 2. The predicted octanol–water partition coefficient (Wildman–Crippen LogP) is 9.00. The van der Waals surface area contributed by atoms with E-state index in [0.717, 1.165) is 119 Å². The number of piperazine rings is 1. The first kappa shape index (κ1) is 51.3. The van der Waals surface area contributed by atoms with Crippen molar-refractivity contribution in [3.05, 3.63) is 59.7 Å². The molecule has 6 fully saturated rings. The van der Waals surface area contributed by atoms with Gasteiger partial charge in [0, 0.05) is 69.1 Å². The summed E-state index contributed by atoms with van der Waals surface area (Å²) in [5.41, 5.74) is 1.44. The Morgan fingerprint density at radius 3 is 2.41 bits per heavy atom. The highest BCUT2D eigenvalue weighted by molar-refractivity contribution is 6.01. The van der Waals surface area contributed by atoms with Crippen LogP contribution in [0.4, 0.5) is 20.8 Å². The summed E-state index contributed by atoms with van der Waals surface area (Å²) in [5, 5.41) is 6.67. The second-order valence-electron chi connectivity index (χ2n) is 23.6. The van der Waals surface area contributed by atoms with Crippen molar-refractivity contribution in [1.82, 2.24) is 34.8 Å². The number of fused-ring (bicyclic) bond motifs is 5. The highest BCUT2D eigenvalue weighted by Gasteiger charge is 2.52. The lowest BCUT2D eigenvalue weighted by molar-refractivity contribution is -0.144. The summed E-state index contributed by atoms with van der Waals surface area (Å²) in [5.74, 6) is 1.14. The maximum Gasteiger partial charge on any atom is 0.410 e. The lowest BCUT2D eigenvalue weighted by atomic mass is 9.72. The van der Waals surface area contributed by atoms with Gasteiger partial charge in [0.2, 0.25) is 0 Å². The number of ether oxygens (including phenoxy) is 5. The van der Waals surface area contributed by atoms with Crippen LogP contribution in [0.5, 0.6) is 11.8 Å². The third kappa shape index (κ3) is 9.72. The summed E-state index contributed by atoms with van der Waals surface area (Å²) in [6.07, 6.45) is 10.2. The predicted molar refractivity (Wildman–Crippen MR) is 283 cm³/mol. The second-order valence-corrected chi connectivity index (χ2v) is 23.6. The number of halogens is 1. The molecule has 1 amide bonds. The van der Waals surface area contributed by atoms with Crippen molar-refractivity contribution >= 4 is 45.4 Å². The van der Waals surface area contributed by atoms with Gasteiger partial charge in [-0.3, -0.25) is 19.6 Å². The summed E-state index contributed by atoms with van der Waals surface area (Å²) < 4.78 is 52.5. The fraction of sp³-hybridized carbons (Fsp3) is 0.614. The van der Waals surface area contributed by atoms with Crippen LogP contribution in [0.15, 0.2) is 47.1 Å². The van der Waals surface area contributed by atoms with Gasteiger partial charge in [-0.05, 0) is 133 Å². The Morgan fingerprint density at radius 1 is 0.933 bits per heavy atom. The number of aromatic nitrogens is 4. The van der Waals surface area contributed by atoms with Gasteiger partial charge in [-0.15, -0.1) is 0 Å². The number of amides is 1. The normalized spacial score (nSPS) is 24.1. The van der Waals surface area contributed by atoms with Crippen LogP contribution in [-0.4, -0.2) is 156 Å². The lowest BCUT2D eigenvalue weighted by Gasteiger charge is -2.54. The summed E-state index contributed by atoms with van der Waals surface area (Å²) in [7, 11) is 2.98. The Labute approximate surface area is 439 Å². The molecule has 6 aliphatic rings. The highest BCUT2D eigenvalue weighted by Crippen LogP contribution is 2.47. The zero-order valence-electron chi connectivity index (χ0n) is 45.0. The van der Waals surface area contributed by atoms with Gasteiger partial charge in [0.15, 0.2) is 24.2 Å². The average Bonchev–Trinajstić information content (AvgIpc) is 4.17. The van der Waals surface area contributed by atoms with Gasteiger partial charge < -0.3 is 42.9 Å². The van der Waals surface area contributed by atoms with E-state index in [1.165, 1.54) is 7.11 Å². The van der Waals surface area contributed by atoms with Gasteiger partial charge in [-0.1, -0.05) is 44.1 Å². The highest BCUT2D eigenvalue weighted by atomic mass is 19.1. The molecule has 0 saturated carbocycles. The van der Waals surface area contributed by atoms with Crippen LogP contribution in [-0.2, 0) is 25.4 Å². The Bertz CT molecular complexity index is 2920. The molecule has 75 heavy (non-hydrogen) atoms. The SMILES string of the molecule is CCc1cccc2cc(OCOC)cc(-c3ncc4c(N5CC6CCC(C5)N6C(=O)OC(C)(C)C)nc(OC[C@@]56CCCN5[C@H](CN5CCC7(CC5)CN(c5cc(C(C(=O)OC)C(C)C)on5)C7)CC6)nc4c3F)c12. The van der Waals surface area contributed by atoms with E-state index in [1.54, 1.807) is 13.3 Å². The third-order valence-corrected chi connectivity index (χ3v) is 17.3. The minimum Gasteiger partial charge on any atom is -0.468 e. The molecule has 0 aliphatic carbocycles. The molecular formula is C57H74FN9O8. The fourth-order valence-electron chi connectivity index (χ4n) is 13.5. The van der Waals surface area contributed by atoms with E-state index >= 15 is 4.39 Å². The van der Waals surface area contributed by atoms with Crippen LogP contribution >= 0.6 is 0 Å². The van der Waals surface area contributed by atoms with Crippen molar-refractivity contribution in [2.45, 2.75) is 135 Å². The molecule has 2 bridgehead atoms. The van der Waals surface area contributed by atoms with Crippen LogP contribution in [0, 0.1) is 17.2 Å². The topological polar surface area (TPSA) is 161 Å². The molecular weight excluding hydrogens is 958 g/mol. The number of piperidine rings is 1. The van der Waals surface area contributed by atoms with E-state index in [0.29, 0.717) is 54.0 Å². The molecule has 9 heterocycles. The molecule has 5 atom stereocenters. The maximum atomic E-state index is 17.8. The van der Waals surface area contributed by atoms with Crippen molar-refractivity contribution < 1.29 is 42.2 Å². The number of hydrogen-bond acceptors (Lipinski definition) is 16. The van der Waals surface area contributed by atoms with Gasteiger partial charge in [-0.25, -0.2) is 9.18 Å². The summed E-state index contributed by atoms with van der Waals surface area (Å²) in [6, 6.07) is 12.1. The minimum absolute atomic E-state index is 0.0327. The van der Waals surface area contributed by atoms with Crippen molar-refractivity contribution in [1.29, 1.82) is 0 Å². The van der Waals surface area contributed by atoms with E-state index in [2.05, 4.69) is 37.7 Å². The number of carbonyl (C=O) groups is 2. The Hall–Kier alpha value is -5.85. The summed E-state index contributed by atoms with van der Waals surface area (Å²) in [6.45, 7) is 19.2. The number of esters is 1. The average molecular weight is 1030 g/mol. The first-order valence-corrected chi connectivity index (χ1v) is 27.3. The van der Waals surface area contributed by atoms with Crippen LogP contribution in [0.25, 0.3) is 32.9 Å². The molecule has 2 aromatic carbocycles. The molecule has 18 heteroatoms. The number of aryl methyl sites for hydroxylation is 1. The number of nitrogens with zero attached hydrogens (tertiary/aromatic N) is 9. The molecule has 0 radical (unpaired) electrons. The van der Waals surface area contributed by atoms with Crippen LogP contribution in [0.3, 0.4) is 0 Å². The zero-order chi connectivity index (χ0) is 52.4. The number of hydrogen-bond donors (Lipinski definition) is 0. The molecule has 0 N–H and O–H groups in total. The van der Waals surface area contributed by atoms with Crippen molar-refractivity contribution in [2.24, 2.45) is 11.3 Å². The van der Waals surface area contributed by atoms with E-state index in [9.17, 15) is 9.59 Å². The molecule has 1 spiro atoms. The maximum absolute atomic E-state index is 17.8. The van der Waals surface area contributed by atoms with Crippen LogP contribution < -0.4 is 19.3 Å². The molecule has 3 unspecified atom stereocenters.